The summed E-state index contributed by atoms with van der Waals surface area (Å²) in [4.78, 5) is 0.280. The SMILES string of the molecule is Cc1ccc(Br)cc1S(=O)(=O)N[C@@H](C)CN. The number of benzene rings is 1. The van der Waals surface area contributed by atoms with Crippen LogP contribution in [0, 0.1) is 6.92 Å². The van der Waals surface area contributed by atoms with Crippen LogP contribution in [-0.2, 0) is 10.0 Å². The molecule has 0 saturated carbocycles. The summed E-state index contributed by atoms with van der Waals surface area (Å²) in [7, 11) is -3.48. The van der Waals surface area contributed by atoms with Gasteiger partial charge in [0.25, 0.3) is 0 Å². The molecule has 0 bridgehead atoms. The maximum Gasteiger partial charge on any atom is 0.241 e. The third kappa shape index (κ3) is 3.28. The topological polar surface area (TPSA) is 72.2 Å². The van der Waals surface area contributed by atoms with E-state index in [0.29, 0.717) is 5.56 Å². The molecule has 0 amide bonds. The first-order valence-electron chi connectivity index (χ1n) is 4.85. The van der Waals surface area contributed by atoms with Gasteiger partial charge in [0.15, 0.2) is 0 Å². The van der Waals surface area contributed by atoms with E-state index in [1.165, 1.54) is 0 Å². The van der Waals surface area contributed by atoms with E-state index in [0.717, 1.165) is 4.47 Å². The lowest BCUT2D eigenvalue weighted by Gasteiger charge is -2.13. The van der Waals surface area contributed by atoms with Crippen LogP contribution in [0.2, 0.25) is 0 Å². The Morgan fingerprint density at radius 1 is 1.50 bits per heavy atom. The van der Waals surface area contributed by atoms with E-state index in [9.17, 15) is 8.42 Å². The van der Waals surface area contributed by atoms with Crippen molar-refractivity contribution >= 4 is 26.0 Å². The van der Waals surface area contributed by atoms with Gasteiger partial charge in [0, 0.05) is 17.1 Å². The fourth-order valence-corrected chi connectivity index (χ4v) is 3.28. The molecule has 3 N–H and O–H groups in total. The first-order valence-corrected chi connectivity index (χ1v) is 7.13. The van der Waals surface area contributed by atoms with Gasteiger partial charge in [-0.3, -0.25) is 0 Å². The van der Waals surface area contributed by atoms with Crippen LogP contribution in [0.4, 0.5) is 0 Å². The van der Waals surface area contributed by atoms with Gasteiger partial charge in [0.2, 0.25) is 10.0 Å². The van der Waals surface area contributed by atoms with Crippen molar-refractivity contribution in [3.8, 4) is 0 Å². The third-order valence-corrected chi connectivity index (χ3v) is 4.37. The molecule has 0 aliphatic heterocycles. The minimum atomic E-state index is -3.48. The molecule has 1 aromatic carbocycles. The van der Waals surface area contributed by atoms with Gasteiger partial charge in [0.05, 0.1) is 4.90 Å². The molecule has 0 fully saturated rings. The minimum absolute atomic E-state index is 0.270. The molecule has 0 radical (unpaired) electrons. The molecule has 4 nitrogen and oxygen atoms in total. The first kappa shape index (κ1) is 13.6. The predicted octanol–water partition coefficient (Wildman–Crippen LogP) is 1.38. The molecular formula is C10H15BrN2O2S. The maximum absolute atomic E-state index is 12.0. The molecule has 0 aliphatic carbocycles. The van der Waals surface area contributed by atoms with Gasteiger partial charge in [-0.1, -0.05) is 22.0 Å². The minimum Gasteiger partial charge on any atom is -0.329 e. The number of hydrogen-bond donors (Lipinski definition) is 2. The molecule has 0 aromatic heterocycles. The summed E-state index contributed by atoms with van der Waals surface area (Å²) < 4.78 is 27.2. The molecule has 16 heavy (non-hydrogen) atoms. The largest absolute Gasteiger partial charge is 0.329 e. The van der Waals surface area contributed by atoms with Crippen molar-refractivity contribution in [1.82, 2.24) is 4.72 Å². The molecule has 0 spiro atoms. The van der Waals surface area contributed by atoms with Gasteiger partial charge in [-0.2, -0.15) is 0 Å². The molecule has 6 heteroatoms. The van der Waals surface area contributed by atoms with E-state index in [4.69, 9.17) is 5.73 Å². The van der Waals surface area contributed by atoms with E-state index < -0.39 is 10.0 Å². The molecule has 0 aliphatic rings. The number of rotatable bonds is 4. The average Bonchev–Trinajstić information content (AvgIpc) is 2.20. The number of halogens is 1. The fourth-order valence-electron chi connectivity index (χ4n) is 1.24. The third-order valence-electron chi connectivity index (χ3n) is 2.15. The number of aryl methyl sites for hydroxylation is 1. The van der Waals surface area contributed by atoms with Crippen LogP contribution >= 0.6 is 15.9 Å². The smallest absolute Gasteiger partial charge is 0.241 e. The highest BCUT2D eigenvalue weighted by atomic mass is 79.9. The molecule has 0 unspecified atom stereocenters. The number of sulfonamides is 1. The second-order valence-electron chi connectivity index (χ2n) is 3.67. The summed E-state index contributed by atoms with van der Waals surface area (Å²) >= 11 is 3.26. The molecular weight excluding hydrogens is 292 g/mol. The van der Waals surface area contributed by atoms with Crippen molar-refractivity contribution < 1.29 is 8.42 Å². The predicted molar refractivity (Wildman–Crippen MR) is 67.7 cm³/mol. The van der Waals surface area contributed by atoms with Crippen molar-refractivity contribution in [2.75, 3.05) is 6.54 Å². The Labute approximate surface area is 104 Å². The second kappa shape index (κ2) is 5.27. The standard InChI is InChI=1S/C10H15BrN2O2S/c1-7-3-4-9(11)5-10(7)16(14,15)13-8(2)6-12/h3-5,8,13H,6,12H2,1-2H3/t8-/m0/s1. The van der Waals surface area contributed by atoms with Crippen molar-refractivity contribution in [2.45, 2.75) is 24.8 Å². The van der Waals surface area contributed by atoms with Crippen LogP contribution in [0.3, 0.4) is 0 Å². The maximum atomic E-state index is 12.0. The highest BCUT2D eigenvalue weighted by molar-refractivity contribution is 9.10. The molecule has 0 saturated heterocycles. The van der Waals surface area contributed by atoms with Crippen LogP contribution < -0.4 is 10.5 Å². The van der Waals surface area contributed by atoms with E-state index >= 15 is 0 Å². The van der Waals surface area contributed by atoms with E-state index in [1.807, 2.05) is 0 Å². The lowest BCUT2D eigenvalue weighted by Crippen LogP contribution is -2.38. The van der Waals surface area contributed by atoms with Crippen molar-refractivity contribution in [3.63, 3.8) is 0 Å². The molecule has 1 rings (SSSR count). The fraction of sp³-hybridized carbons (Fsp3) is 0.400. The molecule has 1 aromatic rings. The summed E-state index contributed by atoms with van der Waals surface area (Å²) in [6, 6.07) is 4.87. The Balaban J connectivity index is 3.12. The highest BCUT2D eigenvalue weighted by Crippen LogP contribution is 2.20. The first-order chi connectivity index (χ1) is 7.36. The molecule has 1 atom stereocenters. The Morgan fingerprint density at radius 2 is 2.12 bits per heavy atom. The van der Waals surface area contributed by atoms with Crippen LogP contribution in [0.15, 0.2) is 27.6 Å². The Bertz CT molecular complexity index is 474. The second-order valence-corrected chi connectivity index (χ2v) is 6.27. The molecule has 90 valence electrons. The Kier molecular flexibility index (Phi) is 4.49. The zero-order valence-corrected chi connectivity index (χ0v) is 11.6. The Hall–Kier alpha value is -0.430. The van der Waals surface area contributed by atoms with Crippen molar-refractivity contribution in [2.24, 2.45) is 5.73 Å². The monoisotopic (exact) mass is 306 g/mol. The van der Waals surface area contributed by atoms with Crippen LogP contribution in [0.25, 0.3) is 0 Å². The van der Waals surface area contributed by atoms with Crippen LogP contribution in [0.5, 0.6) is 0 Å². The molecule has 0 heterocycles. The van der Waals surface area contributed by atoms with Gasteiger partial charge in [-0.15, -0.1) is 0 Å². The summed E-state index contributed by atoms with van der Waals surface area (Å²) in [6.07, 6.45) is 0. The summed E-state index contributed by atoms with van der Waals surface area (Å²) in [5.74, 6) is 0. The van der Waals surface area contributed by atoms with Crippen LogP contribution in [0.1, 0.15) is 12.5 Å². The number of nitrogens with two attached hydrogens (primary N) is 1. The number of nitrogens with one attached hydrogen (secondary N) is 1. The highest BCUT2D eigenvalue weighted by Gasteiger charge is 2.18. The van der Waals surface area contributed by atoms with Crippen LogP contribution in [-0.4, -0.2) is 21.0 Å². The van der Waals surface area contributed by atoms with E-state index in [1.54, 1.807) is 32.0 Å². The van der Waals surface area contributed by atoms with E-state index in [2.05, 4.69) is 20.7 Å². The summed E-state index contributed by atoms with van der Waals surface area (Å²) in [5, 5.41) is 0. The zero-order chi connectivity index (χ0) is 12.3. The van der Waals surface area contributed by atoms with Gasteiger partial charge in [0.1, 0.15) is 0 Å². The lowest BCUT2D eigenvalue weighted by atomic mass is 10.2. The lowest BCUT2D eigenvalue weighted by molar-refractivity contribution is 0.562. The van der Waals surface area contributed by atoms with Crippen molar-refractivity contribution in [1.29, 1.82) is 0 Å². The van der Waals surface area contributed by atoms with Gasteiger partial charge in [-0.05, 0) is 31.5 Å². The van der Waals surface area contributed by atoms with Gasteiger partial charge < -0.3 is 5.73 Å². The Morgan fingerprint density at radius 3 is 2.69 bits per heavy atom. The van der Waals surface area contributed by atoms with Crippen molar-refractivity contribution in [3.05, 3.63) is 28.2 Å². The van der Waals surface area contributed by atoms with Gasteiger partial charge >= 0.3 is 0 Å². The quantitative estimate of drug-likeness (QED) is 0.883. The van der Waals surface area contributed by atoms with E-state index in [-0.39, 0.29) is 17.5 Å². The zero-order valence-electron chi connectivity index (χ0n) is 9.20. The number of hydrogen-bond acceptors (Lipinski definition) is 3. The van der Waals surface area contributed by atoms with Gasteiger partial charge in [-0.25, -0.2) is 13.1 Å². The normalized spacial score (nSPS) is 13.8. The average molecular weight is 307 g/mol. The summed E-state index contributed by atoms with van der Waals surface area (Å²) in [6.45, 7) is 3.76. The summed E-state index contributed by atoms with van der Waals surface area (Å²) in [5.41, 5.74) is 6.10.